The first-order chi connectivity index (χ1) is 7.99. The molecule has 6 heteroatoms. The maximum atomic E-state index is 12.2. The Kier molecular flexibility index (Phi) is 4.89. The zero-order chi connectivity index (χ0) is 12.9. The summed E-state index contributed by atoms with van der Waals surface area (Å²) in [7, 11) is 0. The number of nitrogens with zero attached hydrogens (tertiary/aromatic N) is 1. The summed E-state index contributed by atoms with van der Waals surface area (Å²) in [4.78, 5) is 24.3. The number of carboxylic acid groups (broad SMARTS) is 1. The maximum Gasteiger partial charge on any atom is 0.323 e. The van der Waals surface area contributed by atoms with E-state index in [1.807, 2.05) is 6.92 Å². The van der Waals surface area contributed by atoms with Crippen molar-refractivity contribution in [1.29, 1.82) is 0 Å². The van der Waals surface area contributed by atoms with Crippen LogP contribution in [-0.4, -0.2) is 53.7 Å². The standard InChI is InChI=1S/C11H20N2O4/c1-2-5-13(8-9(14)15)10(16)11(12)3-6-17-7-4-11/h2-8,12H2,1H3,(H,14,15). The second-order valence-corrected chi connectivity index (χ2v) is 4.39. The third-order valence-corrected chi connectivity index (χ3v) is 2.92. The number of amides is 1. The van der Waals surface area contributed by atoms with E-state index >= 15 is 0 Å². The summed E-state index contributed by atoms with van der Waals surface area (Å²) < 4.78 is 5.17. The molecule has 1 saturated heterocycles. The molecule has 0 unspecified atom stereocenters. The van der Waals surface area contributed by atoms with Crippen LogP contribution >= 0.6 is 0 Å². The van der Waals surface area contributed by atoms with Crippen LogP contribution in [-0.2, 0) is 14.3 Å². The molecule has 0 aliphatic carbocycles. The van der Waals surface area contributed by atoms with Gasteiger partial charge in [-0.25, -0.2) is 0 Å². The molecule has 0 saturated carbocycles. The van der Waals surface area contributed by atoms with E-state index in [1.54, 1.807) is 0 Å². The lowest BCUT2D eigenvalue weighted by molar-refractivity contribution is -0.148. The van der Waals surface area contributed by atoms with Crippen LogP contribution in [0.5, 0.6) is 0 Å². The van der Waals surface area contributed by atoms with E-state index in [2.05, 4.69) is 0 Å². The predicted octanol–water partition coefficient (Wildman–Crippen LogP) is -0.182. The minimum Gasteiger partial charge on any atom is -0.480 e. The molecule has 1 amide bonds. The van der Waals surface area contributed by atoms with E-state index in [-0.39, 0.29) is 12.5 Å². The SMILES string of the molecule is CCCN(CC(=O)O)C(=O)C1(N)CCOCC1. The molecule has 0 aromatic rings. The Morgan fingerprint density at radius 2 is 2.00 bits per heavy atom. The Labute approximate surface area is 101 Å². The monoisotopic (exact) mass is 244 g/mol. The van der Waals surface area contributed by atoms with Crippen LogP contribution in [0.1, 0.15) is 26.2 Å². The van der Waals surface area contributed by atoms with Crippen LogP contribution in [0.15, 0.2) is 0 Å². The lowest BCUT2D eigenvalue weighted by atomic mass is 9.89. The molecule has 0 atom stereocenters. The van der Waals surface area contributed by atoms with Crippen molar-refractivity contribution < 1.29 is 19.4 Å². The third-order valence-electron chi connectivity index (χ3n) is 2.92. The average molecular weight is 244 g/mol. The summed E-state index contributed by atoms with van der Waals surface area (Å²) in [6.07, 6.45) is 1.61. The second kappa shape index (κ2) is 5.97. The van der Waals surface area contributed by atoms with Crippen LogP contribution < -0.4 is 5.73 Å². The number of carbonyl (C=O) groups excluding carboxylic acids is 1. The molecule has 0 bridgehead atoms. The normalized spacial score (nSPS) is 18.7. The first-order valence-corrected chi connectivity index (χ1v) is 5.87. The quantitative estimate of drug-likeness (QED) is 0.699. The number of carbonyl (C=O) groups is 2. The van der Waals surface area contributed by atoms with Gasteiger partial charge in [0.2, 0.25) is 5.91 Å². The fourth-order valence-electron chi connectivity index (χ4n) is 1.95. The van der Waals surface area contributed by atoms with E-state index in [9.17, 15) is 9.59 Å². The summed E-state index contributed by atoms with van der Waals surface area (Å²) in [6, 6.07) is 0. The number of hydrogen-bond donors (Lipinski definition) is 2. The molecule has 1 aliphatic rings. The average Bonchev–Trinajstić information content (AvgIpc) is 2.28. The maximum absolute atomic E-state index is 12.2. The molecule has 0 spiro atoms. The summed E-state index contributed by atoms with van der Waals surface area (Å²) in [5.41, 5.74) is 5.09. The first-order valence-electron chi connectivity index (χ1n) is 5.87. The second-order valence-electron chi connectivity index (χ2n) is 4.39. The highest BCUT2D eigenvalue weighted by Crippen LogP contribution is 2.20. The van der Waals surface area contributed by atoms with Crippen molar-refractivity contribution in [1.82, 2.24) is 4.90 Å². The minimum atomic E-state index is -1.01. The van der Waals surface area contributed by atoms with Gasteiger partial charge in [-0.05, 0) is 19.3 Å². The minimum absolute atomic E-state index is 0.273. The molecule has 1 fully saturated rings. The molecule has 6 nitrogen and oxygen atoms in total. The van der Waals surface area contributed by atoms with Gasteiger partial charge < -0.3 is 20.5 Å². The van der Waals surface area contributed by atoms with Crippen LogP contribution in [0.25, 0.3) is 0 Å². The van der Waals surface area contributed by atoms with Crippen molar-refractivity contribution in [3.05, 3.63) is 0 Å². The Hall–Kier alpha value is -1.14. The van der Waals surface area contributed by atoms with E-state index < -0.39 is 11.5 Å². The molecule has 98 valence electrons. The van der Waals surface area contributed by atoms with Crippen molar-refractivity contribution in [3.63, 3.8) is 0 Å². The lowest BCUT2D eigenvalue weighted by Crippen LogP contribution is -2.58. The molecular formula is C11H20N2O4. The molecule has 3 N–H and O–H groups in total. The number of rotatable bonds is 5. The Morgan fingerprint density at radius 3 is 2.47 bits per heavy atom. The summed E-state index contributed by atoms with van der Waals surface area (Å²) in [6.45, 7) is 2.94. The van der Waals surface area contributed by atoms with Gasteiger partial charge in [-0.2, -0.15) is 0 Å². The van der Waals surface area contributed by atoms with Crippen LogP contribution in [0.4, 0.5) is 0 Å². The van der Waals surface area contributed by atoms with Crippen molar-refractivity contribution in [3.8, 4) is 0 Å². The molecule has 0 radical (unpaired) electrons. The van der Waals surface area contributed by atoms with Crippen LogP contribution in [0, 0.1) is 0 Å². The number of carboxylic acids is 1. The number of aliphatic carboxylic acids is 1. The molecule has 0 aromatic heterocycles. The van der Waals surface area contributed by atoms with Gasteiger partial charge in [0.15, 0.2) is 0 Å². The molecule has 1 aliphatic heterocycles. The Balaban J connectivity index is 2.71. The number of nitrogens with two attached hydrogens (primary N) is 1. The van der Waals surface area contributed by atoms with Crippen molar-refractivity contribution in [2.24, 2.45) is 5.73 Å². The first kappa shape index (κ1) is 13.9. The summed E-state index contributed by atoms with van der Waals surface area (Å²) in [5.74, 6) is -1.28. The van der Waals surface area contributed by atoms with Gasteiger partial charge >= 0.3 is 5.97 Å². The van der Waals surface area contributed by atoms with Gasteiger partial charge in [0.05, 0.1) is 5.54 Å². The number of hydrogen-bond acceptors (Lipinski definition) is 4. The van der Waals surface area contributed by atoms with Crippen molar-refractivity contribution in [2.75, 3.05) is 26.3 Å². The fraction of sp³-hybridized carbons (Fsp3) is 0.818. The highest BCUT2D eigenvalue weighted by molar-refractivity contribution is 5.88. The summed E-state index contributed by atoms with van der Waals surface area (Å²) in [5, 5.41) is 8.78. The van der Waals surface area contributed by atoms with Gasteiger partial charge in [-0.3, -0.25) is 9.59 Å². The number of ether oxygens (including phenoxy) is 1. The van der Waals surface area contributed by atoms with Gasteiger partial charge in [-0.1, -0.05) is 6.92 Å². The largest absolute Gasteiger partial charge is 0.480 e. The Bertz CT molecular complexity index is 287. The van der Waals surface area contributed by atoms with E-state index in [0.717, 1.165) is 0 Å². The smallest absolute Gasteiger partial charge is 0.323 e. The van der Waals surface area contributed by atoms with Crippen molar-refractivity contribution >= 4 is 11.9 Å². The topological polar surface area (TPSA) is 92.9 Å². The van der Waals surface area contributed by atoms with Gasteiger partial charge in [0, 0.05) is 19.8 Å². The lowest BCUT2D eigenvalue weighted by Gasteiger charge is -2.36. The summed E-state index contributed by atoms with van der Waals surface area (Å²) >= 11 is 0. The van der Waals surface area contributed by atoms with Crippen molar-refractivity contribution in [2.45, 2.75) is 31.7 Å². The van der Waals surface area contributed by atoms with Crippen LogP contribution in [0.2, 0.25) is 0 Å². The zero-order valence-electron chi connectivity index (χ0n) is 10.1. The molecule has 17 heavy (non-hydrogen) atoms. The Morgan fingerprint density at radius 1 is 1.41 bits per heavy atom. The van der Waals surface area contributed by atoms with Gasteiger partial charge in [-0.15, -0.1) is 0 Å². The zero-order valence-corrected chi connectivity index (χ0v) is 10.1. The predicted molar refractivity (Wildman–Crippen MR) is 61.5 cm³/mol. The van der Waals surface area contributed by atoms with E-state index in [0.29, 0.717) is 39.0 Å². The van der Waals surface area contributed by atoms with Gasteiger partial charge in [0.25, 0.3) is 0 Å². The fourth-order valence-corrected chi connectivity index (χ4v) is 1.95. The highest BCUT2D eigenvalue weighted by Gasteiger charge is 2.39. The highest BCUT2D eigenvalue weighted by atomic mass is 16.5. The van der Waals surface area contributed by atoms with E-state index in [4.69, 9.17) is 15.6 Å². The van der Waals surface area contributed by atoms with E-state index in [1.165, 1.54) is 4.90 Å². The molecular weight excluding hydrogens is 224 g/mol. The van der Waals surface area contributed by atoms with Crippen LogP contribution in [0.3, 0.4) is 0 Å². The van der Waals surface area contributed by atoms with Gasteiger partial charge in [0.1, 0.15) is 6.54 Å². The third kappa shape index (κ3) is 3.67. The molecule has 0 aromatic carbocycles. The molecule has 1 rings (SSSR count). The molecule has 1 heterocycles.